The molecule has 1 saturated heterocycles. The maximum absolute atomic E-state index is 12.5. The number of carbonyl (C=O) groups excluding carboxylic acids is 1. The minimum Gasteiger partial charge on any atom is -0.492 e. The molecule has 0 aliphatic carbocycles. The fourth-order valence-electron chi connectivity index (χ4n) is 3.30. The van der Waals surface area contributed by atoms with Crippen molar-refractivity contribution in [2.45, 2.75) is 26.3 Å². The fraction of sp³-hybridized carbons (Fsp3) is 0.368. The van der Waals surface area contributed by atoms with Crippen LogP contribution in [0.3, 0.4) is 0 Å². The molecule has 9 heteroatoms. The Morgan fingerprint density at radius 3 is 2.79 bits per heavy atom. The molecule has 0 atom stereocenters. The van der Waals surface area contributed by atoms with Crippen LogP contribution in [0.1, 0.15) is 19.8 Å². The van der Waals surface area contributed by atoms with Gasteiger partial charge in [-0.1, -0.05) is 12.1 Å². The van der Waals surface area contributed by atoms with Gasteiger partial charge in [0.05, 0.1) is 12.3 Å². The molecule has 2 aromatic heterocycles. The van der Waals surface area contributed by atoms with E-state index in [-0.39, 0.29) is 18.2 Å². The first-order valence-corrected chi connectivity index (χ1v) is 9.38. The van der Waals surface area contributed by atoms with Gasteiger partial charge in [0.2, 0.25) is 5.91 Å². The van der Waals surface area contributed by atoms with Gasteiger partial charge >= 0.3 is 5.69 Å². The predicted molar refractivity (Wildman–Crippen MR) is 105 cm³/mol. The zero-order valence-corrected chi connectivity index (χ0v) is 15.7. The number of nitrogens with zero attached hydrogens (tertiary/aromatic N) is 5. The number of hydrogen-bond acceptors (Lipinski definition) is 6. The van der Waals surface area contributed by atoms with Crippen LogP contribution in [-0.2, 0) is 11.3 Å². The third-order valence-electron chi connectivity index (χ3n) is 4.62. The number of rotatable bonds is 6. The van der Waals surface area contributed by atoms with Gasteiger partial charge in [0.15, 0.2) is 0 Å². The van der Waals surface area contributed by atoms with Gasteiger partial charge in [-0.3, -0.25) is 4.79 Å². The molecule has 1 fully saturated rings. The predicted octanol–water partition coefficient (Wildman–Crippen LogP) is 1.53. The van der Waals surface area contributed by atoms with Crippen LogP contribution in [0.2, 0.25) is 0 Å². The summed E-state index contributed by atoms with van der Waals surface area (Å²) in [7, 11) is 0. The van der Waals surface area contributed by atoms with Crippen molar-refractivity contribution in [3.05, 3.63) is 47.0 Å². The molecule has 4 rings (SSSR count). The van der Waals surface area contributed by atoms with Crippen LogP contribution in [0.4, 0.5) is 11.5 Å². The highest BCUT2D eigenvalue weighted by molar-refractivity contribution is 5.92. The highest BCUT2D eigenvalue weighted by Gasteiger charge is 2.17. The van der Waals surface area contributed by atoms with E-state index < -0.39 is 5.69 Å². The van der Waals surface area contributed by atoms with E-state index in [1.54, 1.807) is 24.4 Å². The molecule has 9 nitrogen and oxygen atoms in total. The van der Waals surface area contributed by atoms with Crippen LogP contribution in [0.5, 0.6) is 5.75 Å². The average molecular weight is 382 g/mol. The molecule has 0 saturated carbocycles. The van der Waals surface area contributed by atoms with Gasteiger partial charge < -0.3 is 15.0 Å². The summed E-state index contributed by atoms with van der Waals surface area (Å²) >= 11 is 0. The van der Waals surface area contributed by atoms with E-state index in [0.29, 0.717) is 18.0 Å². The molecule has 1 aromatic carbocycles. The zero-order chi connectivity index (χ0) is 19.5. The second kappa shape index (κ2) is 7.71. The van der Waals surface area contributed by atoms with Crippen molar-refractivity contribution in [2.24, 2.45) is 0 Å². The number of ether oxygens (including phenoxy) is 1. The van der Waals surface area contributed by atoms with E-state index in [2.05, 4.69) is 20.3 Å². The van der Waals surface area contributed by atoms with E-state index in [4.69, 9.17) is 4.74 Å². The van der Waals surface area contributed by atoms with Gasteiger partial charge in [-0.25, -0.2) is 13.9 Å². The first kappa shape index (κ1) is 18.0. The smallest absolute Gasteiger partial charge is 0.352 e. The molecular formula is C19H22N6O3. The number of hydrogen-bond donors (Lipinski definition) is 1. The molecule has 28 heavy (non-hydrogen) atoms. The van der Waals surface area contributed by atoms with Crippen LogP contribution in [0, 0.1) is 0 Å². The summed E-state index contributed by atoms with van der Waals surface area (Å²) in [5, 5.41) is 6.99. The van der Waals surface area contributed by atoms with E-state index in [9.17, 15) is 9.59 Å². The zero-order valence-electron chi connectivity index (χ0n) is 15.7. The van der Waals surface area contributed by atoms with Crippen molar-refractivity contribution in [1.82, 2.24) is 19.2 Å². The van der Waals surface area contributed by atoms with Crippen LogP contribution >= 0.6 is 0 Å². The highest BCUT2D eigenvalue weighted by atomic mass is 16.5. The van der Waals surface area contributed by atoms with Gasteiger partial charge in [0.25, 0.3) is 5.78 Å². The number of carbonyl (C=O) groups is 1. The third kappa shape index (κ3) is 3.55. The average Bonchev–Trinajstić information content (AvgIpc) is 3.32. The van der Waals surface area contributed by atoms with E-state index >= 15 is 0 Å². The SMILES string of the molecule is CCOc1ccccc1NC(=O)Cn1nc2nc(N3CCCC3)ccn2c1=O. The third-order valence-corrected chi connectivity index (χ3v) is 4.62. The lowest BCUT2D eigenvalue weighted by atomic mass is 10.3. The fourth-order valence-corrected chi connectivity index (χ4v) is 3.30. The Balaban J connectivity index is 1.53. The number of fused-ring (bicyclic) bond motifs is 1. The van der Waals surface area contributed by atoms with Crippen LogP contribution in [0.25, 0.3) is 5.78 Å². The van der Waals surface area contributed by atoms with Gasteiger partial charge in [-0.2, -0.15) is 4.98 Å². The van der Waals surface area contributed by atoms with Crippen LogP contribution in [0.15, 0.2) is 41.3 Å². The lowest BCUT2D eigenvalue weighted by Gasteiger charge is -2.15. The lowest BCUT2D eigenvalue weighted by molar-refractivity contribution is -0.117. The minimum absolute atomic E-state index is 0.207. The van der Waals surface area contributed by atoms with Crippen molar-refractivity contribution < 1.29 is 9.53 Å². The van der Waals surface area contributed by atoms with Crippen LogP contribution < -0.4 is 20.6 Å². The number of aromatic nitrogens is 4. The number of anilines is 2. The summed E-state index contributed by atoms with van der Waals surface area (Å²) in [5.41, 5.74) is 0.157. The van der Waals surface area contributed by atoms with Crippen molar-refractivity contribution in [3.8, 4) is 5.75 Å². The van der Waals surface area contributed by atoms with Crippen molar-refractivity contribution in [3.63, 3.8) is 0 Å². The first-order chi connectivity index (χ1) is 13.7. The molecule has 1 amide bonds. The van der Waals surface area contributed by atoms with Crippen molar-refractivity contribution in [1.29, 1.82) is 0 Å². The van der Waals surface area contributed by atoms with Gasteiger partial charge in [0, 0.05) is 19.3 Å². The molecule has 3 heterocycles. The van der Waals surface area contributed by atoms with Gasteiger partial charge in [-0.05, 0) is 38.0 Å². The first-order valence-electron chi connectivity index (χ1n) is 9.38. The molecule has 0 bridgehead atoms. The molecule has 0 unspecified atom stereocenters. The standard InChI is InChI=1S/C19H22N6O3/c1-2-28-15-8-4-3-7-14(15)20-17(26)13-25-19(27)24-12-9-16(21-18(24)22-25)23-10-5-6-11-23/h3-4,7-9,12H,2,5-6,10-11,13H2,1H3,(H,20,26). The molecule has 0 radical (unpaired) electrons. The highest BCUT2D eigenvalue weighted by Crippen LogP contribution is 2.23. The molecule has 1 N–H and O–H groups in total. The van der Waals surface area contributed by atoms with E-state index in [1.807, 2.05) is 19.1 Å². The maximum atomic E-state index is 12.5. The summed E-state index contributed by atoms with van der Waals surface area (Å²) in [5.74, 6) is 1.31. The summed E-state index contributed by atoms with van der Waals surface area (Å²) in [6.07, 6.45) is 3.93. The largest absolute Gasteiger partial charge is 0.492 e. The summed E-state index contributed by atoms with van der Waals surface area (Å²) in [6, 6.07) is 8.97. The molecule has 3 aromatic rings. The normalized spacial score (nSPS) is 13.8. The second-order valence-corrected chi connectivity index (χ2v) is 6.57. The molecule has 1 aliphatic rings. The molecule has 146 valence electrons. The second-order valence-electron chi connectivity index (χ2n) is 6.57. The summed E-state index contributed by atoms with van der Waals surface area (Å²) in [4.78, 5) is 31.6. The van der Waals surface area contributed by atoms with Crippen LogP contribution in [-0.4, -0.2) is 44.8 Å². The van der Waals surface area contributed by atoms with Gasteiger partial charge in [0.1, 0.15) is 18.1 Å². The Kier molecular flexibility index (Phi) is 4.96. The molecular weight excluding hydrogens is 360 g/mol. The minimum atomic E-state index is -0.399. The Morgan fingerprint density at radius 1 is 1.21 bits per heavy atom. The lowest BCUT2D eigenvalue weighted by Crippen LogP contribution is -2.28. The van der Waals surface area contributed by atoms with Crippen molar-refractivity contribution >= 4 is 23.2 Å². The molecule has 0 spiro atoms. The number of amides is 1. The van der Waals surface area contributed by atoms with Gasteiger partial charge in [-0.15, -0.1) is 5.10 Å². The monoisotopic (exact) mass is 382 g/mol. The van der Waals surface area contributed by atoms with E-state index in [1.165, 1.54) is 4.40 Å². The quantitative estimate of drug-likeness (QED) is 0.695. The number of para-hydroxylation sites is 2. The molecule has 1 aliphatic heterocycles. The maximum Gasteiger partial charge on any atom is 0.352 e. The Bertz CT molecular complexity index is 1050. The Morgan fingerprint density at radius 2 is 2.00 bits per heavy atom. The van der Waals surface area contributed by atoms with Crippen molar-refractivity contribution in [2.75, 3.05) is 29.9 Å². The Labute approximate surface area is 161 Å². The Hall–Kier alpha value is -3.36. The topological polar surface area (TPSA) is 93.8 Å². The number of benzene rings is 1. The number of nitrogens with one attached hydrogen (secondary N) is 1. The van der Waals surface area contributed by atoms with E-state index in [0.717, 1.165) is 36.4 Å². The summed E-state index contributed by atoms with van der Waals surface area (Å²) in [6.45, 7) is 4.06. The summed E-state index contributed by atoms with van der Waals surface area (Å²) < 4.78 is 7.97.